The number of halogens is 1. The maximum atomic E-state index is 13.7. The molecule has 0 unspecified atom stereocenters. The van der Waals surface area contributed by atoms with E-state index >= 15 is 0 Å². The van der Waals surface area contributed by atoms with Crippen LogP contribution in [0.15, 0.2) is 76.6 Å². The number of rotatable bonds is 10. The molecule has 0 aliphatic carbocycles. The van der Waals surface area contributed by atoms with E-state index in [1.807, 2.05) is 61.5 Å². The van der Waals surface area contributed by atoms with E-state index in [2.05, 4.69) is 24.0 Å². The predicted molar refractivity (Wildman–Crippen MR) is 177 cm³/mol. The first-order valence-corrected chi connectivity index (χ1v) is 16.9. The van der Waals surface area contributed by atoms with Crippen molar-refractivity contribution >= 4 is 57.3 Å². The van der Waals surface area contributed by atoms with E-state index < -0.39 is 17.7 Å². The van der Waals surface area contributed by atoms with Gasteiger partial charge in [-0.3, -0.25) is 14.5 Å². The van der Waals surface area contributed by atoms with Gasteiger partial charge in [-0.05, 0) is 78.4 Å². The highest BCUT2D eigenvalue weighted by Crippen LogP contribution is 2.45. The lowest BCUT2D eigenvalue weighted by atomic mass is 9.94. The lowest BCUT2D eigenvalue weighted by Gasteiger charge is -2.23. The molecule has 2 aliphatic heterocycles. The van der Waals surface area contributed by atoms with Crippen molar-refractivity contribution in [3.05, 3.63) is 99.6 Å². The highest BCUT2D eigenvalue weighted by atomic mass is 35.5. The van der Waals surface area contributed by atoms with E-state index in [-0.39, 0.29) is 22.6 Å². The Kier molecular flexibility index (Phi) is 9.16. The maximum absolute atomic E-state index is 13.7. The van der Waals surface area contributed by atoms with Crippen molar-refractivity contribution in [2.24, 2.45) is 5.92 Å². The van der Waals surface area contributed by atoms with Crippen LogP contribution in [-0.4, -0.2) is 39.7 Å². The minimum Gasteiger partial charge on any atom is -0.507 e. The number of fused-ring (bicyclic) bond motifs is 1. The Labute approximate surface area is 275 Å². The van der Waals surface area contributed by atoms with Crippen LogP contribution < -0.4 is 14.4 Å². The largest absolute Gasteiger partial charge is 0.507 e. The summed E-state index contributed by atoms with van der Waals surface area (Å²) < 4.78 is 12.5. The summed E-state index contributed by atoms with van der Waals surface area (Å²) in [6.45, 7) is 6.76. The fraction of sp³-hybridized carbons (Fsp3) is 0.294. The maximum Gasteiger partial charge on any atom is 0.301 e. The van der Waals surface area contributed by atoms with E-state index in [1.165, 1.54) is 28.0 Å². The summed E-state index contributed by atoms with van der Waals surface area (Å²) in [5.41, 5.74) is 3.03. The number of thioether (sulfide) groups is 1. The zero-order chi connectivity index (χ0) is 31.7. The van der Waals surface area contributed by atoms with Crippen LogP contribution in [0.5, 0.6) is 11.5 Å². The van der Waals surface area contributed by atoms with Crippen LogP contribution in [0.3, 0.4) is 0 Å². The topological polar surface area (TPSA) is 102 Å². The Hall–Kier alpha value is -3.86. The molecule has 0 spiro atoms. The number of hydrogen-bond donors (Lipinski definition) is 1. The number of aliphatic hydroxyl groups excluding tert-OH is 1. The van der Waals surface area contributed by atoms with Crippen molar-refractivity contribution in [2.75, 3.05) is 11.5 Å². The number of benzene rings is 3. The molecule has 232 valence electrons. The number of nitrogens with zero attached hydrogens (tertiary/aromatic N) is 3. The van der Waals surface area contributed by atoms with E-state index in [9.17, 15) is 14.7 Å². The molecule has 1 fully saturated rings. The molecular formula is C34H32ClN3O5S2. The molecule has 8 nitrogen and oxygen atoms in total. The van der Waals surface area contributed by atoms with Crippen LogP contribution in [0.1, 0.15) is 55.5 Å². The Morgan fingerprint density at radius 1 is 1.13 bits per heavy atom. The molecule has 1 N–H and O–H groups in total. The minimum absolute atomic E-state index is 0.0168. The average Bonchev–Trinajstić information content (AvgIpc) is 3.71. The molecule has 0 bridgehead atoms. The number of aromatic nitrogens is 2. The van der Waals surface area contributed by atoms with Crippen molar-refractivity contribution in [3.8, 4) is 11.5 Å². The monoisotopic (exact) mass is 661 g/mol. The van der Waals surface area contributed by atoms with Crippen molar-refractivity contribution in [1.82, 2.24) is 10.2 Å². The van der Waals surface area contributed by atoms with Gasteiger partial charge in [-0.1, -0.05) is 72.8 Å². The lowest BCUT2D eigenvalue weighted by Crippen LogP contribution is -2.29. The van der Waals surface area contributed by atoms with Gasteiger partial charge in [-0.15, -0.1) is 10.2 Å². The molecule has 6 rings (SSSR count). The molecule has 0 saturated carbocycles. The van der Waals surface area contributed by atoms with Crippen LogP contribution in [-0.2, 0) is 21.8 Å². The minimum atomic E-state index is -0.941. The second kappa shape index (κ2) is 13.2. The Morgan fingerprint density at radius 3 is 2.71 bits per heavy atom. The van der Waals surface area contributed by atoms with Crippen molar-refractivity contribution < 1.29 is 24.2 Å². The van der Waals surface area contributed by atoms with Crippen LogP contribution in [0.4, 0.5) is 5.13 Å². The van der Waals surface area contributed by atoms with Gasteiger partial charge >= 0.3 is 5.91 Å². The third-order valence-electron chi connectivity index (χ3n) is 7.63. The number of ketones is 1. The smallest absolute Gasteiger partial charge is 0.301 e. The predicted octanol–water partition coefficient (Wildman–Crippen LogP) is 7.86. The fourth-order valence-electron chi connectivity index (χ4n) is 5.34. The van der Waals surface area contributed by atoms with E-state index in [4.69, 9.17) is 21.1 Å². The molecule has 11 heteroatoms. The zero-order valence-electron chi connectivity index (χ0n) is 25.0. The average molecular weight is 662 g/mol. The number of hydrogen-bond acceptors (Lipinski definition) is 9. The molecule has 1 aromatic heterocycles. The lowest BCUT2D eigenvalue weighted by molar-refractivity contribution is -0.132. The first kappa shape index (κ1) is 31.1. The molecule has 4 aromatic rings. The fourth-order valence-corrected chi connectivity index (χ4v) is 7.29. The Morgan fingerprint density at radius 2 is 1.93 bits per heavy atom. The zero-order valence-corrected chi connectivity index (χ0v) is 27.4. The summed E-state index contributed by atoms with van der Waals surface area (Å²) in [5, 5.41) is 21.2. The Balaban J connectivity index is 1.37. The number of anilines is 1. The molecule has 2 aliphatic rings. The van der Waals surface area contributed by atoms with Gasteiger partial charge in [0.2, 0.25) is 5.13 Å². The van der Waals surface area contributed by atoms with Gasteiger partial charge < -0.3 is 14.6 Å². The van der Waals surface area contributed by atoms with Crippen molar-refractivity contribution in [3.63, 3.8) is 0 Å². The van der Waals surface area contributed by atoms with Gasteiger partial charge in [0.05, 0.1) is 18.2 Å². The summed E-state index contributed by atoms with van der Waals surface area (Å²) in [6, 6.07) is 19.2. The molecule has 45 heavy (non-hydrogen) atoms. The van der Waals surface area contributed by atoms with Crippen LogP contribution in [0, 0.1) is 5.92 Å². The summed E-state index contributed by atoms with van der Waals surface area (Å²) in [6.07, 6.45) is 1.58. The van der Waals surface area contributed by atoms with Crippen LogP contribution in [0.25, 0.3) is 5.76 Å². The summed E-state index contributed by atoms with van der Waals surface area (Å²) in [4.78, 5) is 28.8. The SMILES string of the molecule is CC(C)CCOc1cccc([C@H]2/C(=C(\O)c3ccc4c(c3)C[C@H](C)O4)C(=O)C(=O)N2c2nnc(SCc3ccc(Cl)cc3)s2)c1. The van der Waals surface area contributed by atoms with Gasteiger partial charge in [-0.25, -0.2) is 0 Å². The van der Waals surface area contributed by atoms with E-state index in [0.29, 0.717) is 50.9 Å². The number of aliphatic hydroxyl groups is 1. The second-order valence-electron chi connectivity index (χ2n) is 11.5. The summed E-state index contributed by atoms with van der Waals surface area (Å²) >= 11 is 8.71. The van der Waals surface area contributed by atoms with Crippen molar-refractivity contribution in [2.45, 2.75) is 55.9 Å². The number of carbonyl (C=O) groups excluding carboxylic acids is 2. The molecule has 0 radical (unpaired) electrons. The van der Waals surface area contributed by atoms with Crippen molar-refractivity contribution in [1.29, 1.82) is 0 Å². The molecule has 2 atom stereocenters. The molecule has 3 heterocycles. The highest BCUT2D eigenvalue weighted by Gasteiger charge is 2.48. The van der Waals surface area contributed by atoms with E-state index in [0.717, 1.165) is 23.3 Å². The third kappa shape index (κ3) is 6.73. The molecule has 1 saturated heterocycles. The highest BCUT2D eigenvalue weighted by molar-refractivity contribution is 8.00. The second-order valence-corrected chi connectivity index (χ2v) is 14.1. The van der Waals surface area contributed by atoms with Crippen LogP contribution in [0.2, 0.25) is 5.02 Å². The summed E-state index contributed by atoms with van der Waals surface area (Å²) in [5.74, 6) is 0.639. The molecular weight excluding hydrogens is 630 g/mol. The van der Waals surface area contributed by atoms with E-state index in [1.54, 1.807) is 12.1 Å². The number of amides is 1. The van der Waals surface area contributed by atoms with Gasteiger partial charge in [0.25, 0.3) is 5.78 Å². The van der Waals surface area contributed by atoms with Crippen LogP contribution >= 0.6 is 34.7 Å². The van der Waals surface area contributed by atoms with Gasteiger partial charge in [0, 0.05) is 22.8 Å². The normalized spacial score (nSPS) is 18.8. The summed E-state index contributed by atoms with van der Waals surface area (Å²) in [7, 11) is 0. The standard InChI is InChI=1S/C34H32ClN3O5S2/c1-19(2)13-14-42-26-6-4-5-22(17-26)29-28(30(39)23-9-12-27-24(16-23)15-20(3)43-27)31(40)32(41)38(29)33-36-37-34(45-33)44-18-21-7-10-25(35)11-8-21/h4-12,16-17,19-20,29,39H,13-15,18H2,1-3H3/b30-28+/t20-,29-/m0/s1. The number of carbonyl (C=O) groups is 2. The quantitative estimate of drug-likeness (QED) is 0.0603. The number of Topliss-reactive ketones (excluding diaryl/α,β-unsaturated/α-hetero) is 1. The Bertz CT molecular complexity index is 1770. The molecule has 3 aromatic carbocycles. The first-order valence-electron chi connectivity index (χ1n) is 14.7. The van der Waals surface area contributed by atoms with Gasteiger partial charge in [-0.2, -0.15) is 0 Å². The van der Waals surface area contributed by atoms with Gasteiger partial charge in [0.1, 0.15) is 23.4 Å². The molecule has 1 amide bonds. The first-order chi connectivity index (χ1) is 21.7. The van der Waals surface area contributed by atoms with Gasteiger partial charge in [0.15, 0.2) is 4.34 Å². The number of ether oxygens (including phenoxy) is 2. The third-order valence-corrected chi connectivity index (χ3v) is 10.0.